The van der Waals surface area contributed by atoms with Crippen molar-refractivity contribution in [2.45, 2.75) is 25.0 Å². The van der Waals surface area contributed by atoms with Crippen LogP contribution in [-0.4, -0.2) is 85.9 Å². The predicted octanol–water partition coefficient (Wildman–Crippen LogP) is 0.183. The Balaban J connectivity index is 1.53. The summed E-state index contributed by atoms with van der Waals surface area (Å²) in [7, 11) is 1.52. The molecule has 0 unspecified atom stereocenters. The van der Waals surface area contributed by atoms with Crippen molar-refractivity contribution in [3.63, 3.8) is 0 Å². The Hall–Kier alpha value is -1.74. The van der Waals surface area contributed by atoms with Crippen LogP contribution < -0.4 is 15.4 Å². The Labute approximate surface area is 165 Å². The lowest BCUT2D eigenvalue weighted by Gasteiger charge is -2.38. The van der Waals surface area contributed by atoms with Crippen LogP contribution in [0, 0.1) is 5.82 Å². The number of piperidine rings is 1. The van der Waals surface area contributed by atoms with Crippen molar-refractivity contribution in [1.82, 2.24) is 20.4 Å². The van der Waals surface area contributed by atoms with E-state index in [4.69, 9.17) is 4.74 Å². The predicted molar refractivity (Wildman–Crippen MR) is 105 cm³/mol. The number of aliphatic hydroxyl groups is 1. The Morgan fingerprint density at radius 3 is 2.86 bits per heavy atom. The van der Waals surface area contributed by atoms with Crippen molar-refractivity contribution in [1.29, 1.82) is 0 Å². The molecule has 0 bridgehead atoms. The van der Waals surface area contributed by atoms with E-state index in [9.17, 15) is 14.3 Å². The van der Waals surface area contributed by atoms with Crippen LogP contribution in [0.25, 0.3) is 0 Å². The number of hydrogen-bond donors (Lipinski definition) is 3. The van der Waals surface area contributed by atoms with Crippen LogP contribution in [0.4, 0.5) is 4.39 Å². The molecule has 3 rings (SSSR count). The Bertz CT molecular complexity index is 669. The number of nitrogens with one attached hydrogen (secondary N) is 2. The molecule has 8 heteroatoms. The molecule has 0 aliphatic carbocycles. The quantitative estimate of drug-likeness (QED) is 0.546. The number of hydrogen-bond acceptors (Lipinski definition) is 6. The second kappa shape index (κ2) is 9.65. The number of benzene rings is 1. The first-order valence-corrected chi connectivity index (χ1v) is 10.00. The molecule has 2 aliphatic heterocycles. The zero-order valence-corrected chi connectivity index (χ0v) is 16.5. The zero-order valence-electron chi connectivity index (χ0n) is 16.5. The first kappa shape index (κ1) is 21.0. The fraction of sp³-hybridized carbons (Fsp3) is 0.650. The number of rotatable bonds is 8. The van der Waals surface area contributed by atoms with Gasteiger partial charge in [0.15, 0.2) is 5.60 Å². The zero-order chi connectivity index (χ0) is 20.0. The number of carbonyl (C=O) groups is 1. The fourth-order valence-corrected chi connectivity index (χ4v) is 3.85. The molecule has 1 aromatic rings. The summed E-state index contributed by atoms with van der Waals surface area (Å²) >= 11 is 0. The summed E-state index contributed by atoms with van der Waals surface area (Å²) in [6.07, 6.45) is 1.11. The third-order valence-corrected chi connectivity index (χ3v) is 5.55. The number of methoxy groups -OCH3 is 1. The number of ether oxygens (including phenoxy) is 1. The largest absolute Gasteiger partial charge is 0.497 e. The molecule has 28 heavy (non-hydrogen) atoms. The molecule has 1 amide bonds. The van der Waals surface area contributed by atoms with E-state index in [1.165, 1.54) is 13.2 Å². The van der Waals surface area contributed by atoms with Crippen molar-refractivity contribution >= 4 is 5.91 Å². The maximum Gasteiger partial charge on any atom is 0.256 e. The van der Waals surface area contributed by atoms with Gasteiger partial charge in [-0.15, -0.1) is 0 Å². The van der Waals surface area contributed by atoms with Crippen LogP contribution >= 0.6 is 0 Å². The molecular weight excluding hydrogens is 363 g/mol. The Kier molecular flexibility index (Phi) is 7.23. The van der Waals surface area contributed by atoms with Gasteiger partial charge in [-0.05, 0) is 31.0 Å². The van der Waals surface area contributed by atoms with Crippen molar-refractivity contribution in [2.75, 3.05) is 59.5 Å². The lowest BCUT2D eigenvalue weighted by atomic mass is 9.91. The summed E-state index contributed by atoms with van der Waals surface area (Å²) in [5.74, 6) is -0.168. The molecular formula is C20H31FN4O3. The van der Waals surface area contributed by atoms with Crippen LogP contribution in [0.15, 0.2) is 18.2 Å². The van der Waals surface area contributed by atoms with Gasteiger partial charge in [0.2, 0.25) is 0 Å². The Morgan fingerprint density at radius 2 is 2.11 bits per heavy atom. The molecule has 1 atom stereocenters. The highest BCUT2D eigenvalue weighted by molar-refractivity contribution is 5.86. The summed E-state index contributed by atoms with van der Waals surface area (Å²) in [5.41, 5.74) is -1.04. The minimum atomic E-state index is -1.43. The second-order valence-electron chi connectivity index (χ2n) is 7.59. The van der Waals surface area contributed by atoms with Gasteiger partial charge in [0.1, 0.15) is 11.6 Å². The number of piperazine rings is 1. The Morgan fingerprint density at radius 1 is 1.32 bits per heavy atom. The maximum atomic E-state index is 14.1. The monoisotopic (exact) mass is 394 g/mol. The van der Waals surface area contributed by atoms with E-state index < -0.39 is 5.60 Å². The smallest absolute Gasteiger partial charge is 0.256 e. The second-order valence-corrected chi connectivity index (χ2v) is 7.59. The van der Waals surface area contributed by atoms with Gasteiger partial charge in [-0.1, -0.05) is 0 Å². The molecule has 2 saturated heterocycles. The highest BCUT2D eigenvalue weighted by Gasteiger charge is 2.41. The third-order valence-electron chi connectivity index (χ3n) is 5.55. The lowest BCUT2D eigenvalue weighted by Crippen LogP contribution is -2.58. The minimum absolute atomic E-state index is 0.130. The van der Waals surface area contributed by atoms with Gasteiger partial charge in [0, 0.05) is 64.5 Å². The SMILES string of the molecule is COc1ccc(F)c(CN2CCC[C@@](O)(CNCCN3CCNCC3)C2=O)c1. The van der Waals surface area contributed by atoms with Crippen molar-refractivity contribution < 1.29 is 19.0 Å². The molecule has 0 spiro atoms. The lowest BCUT2D eigenvalue weighted by molar-refractivity contribution is -0.157. The molecule has 2 heterocycles. The molecule has 7 nitrogen and oxygen atoms in total. The van der Waals surface area contributed by atoms with Gasteiger partial charge in [-0.2, -0.15) is 0 Å². The molecule has 0 radical (unpaired) electrons. The van der Waals surface area contributed by atoms with Crippen LogP contribution in [0.3, 0.4) is 0 Å². The van der Waals surface area contributed by atoms with Crippen LogP contribution in [0.1, 0.15) is 18.4 Å². The van der Waals surface area contributed by atoms with E-state index in [-0.39, 0.29) is 24.8 Å². The first-order valence-electron chi connectivity index (χ1n) is 10.00. The first-order chi connectivity index (χ1) is 13.5. The van der Waals surface area contributed by atoms with E-state index >= 15 is 0 Å². The van der Waals surface area contributed by atoms with E-state index in [0.29, 0.717) is 30.7 Å². The van der Waals surface area contributed by atoms with Crippen LogP contribution in [0.2, 0.25) is 0 Å². The number of amides is 1. The molecule has 3 N–H and O–H groups in total. The van der Waals surface area contributed by atoms with Crippen LogP contribution in [0.5, 0.6) is 5.75 Å². The van der Waals surface area contributed by atoms with Crippen LogP contribution in [-0.2, 0) is 11.3 Å². The van der Waals surface area contributed by atoms with Crippen molar-refractivity contribution in [3.8, 4) is 5.75 Å². The number of nitrogens with zero attached hydrogens (tertiary/aromatic N) is 2. The van der Waals surface area contributed by atoms with Gasteiger partial charge in [-0.25, -0.2) is 4.39 Å². The van der Waals surface area contributed by atoms with Gasteiger partial charge in [0.25, 0.3) is 5.91 Å². The topological polar surface area (TPSA) is 77.1 Å². The fourth-order valence-electron chi connectivity index (χ4n) is 3.85. The average molecular weight is 394 g/mol. The normalized spacial score (nSPS) is 23.8. The molecule has 156 valence electrons. The average Bonchev–Trinajstić information content (AvgIpc) is 2.71. The number of carbonyl (C=O) groups excluding carboxylic acids is 1. The summed E-state index contributed by atoms with van der Waals surface area (Å²) in [6.45, 7) is 6.51. The summed E-state index contributed by atoms with van der Waals surface area (Å²) in [4.78, 5) is 16.8. The summed E-state index contributed by atoms with van der Waals surface area (Å²) in [6, 6.07) is 4.49. The molecule has 1 aromatic carbocycles. The van der Waals surface area contributed by atoms with Crippen molar-refractivity contribution in [2.24, 2.45) is 0 Å². The standard InChI is InChI=1S/C20H31FN4O3/c1-28-17-3-4-18(21)16(13-17)14-25-9-2-5-20(27,19(25)26)15-23-8-12-24-10-6-22-7-11-24/h3-4,13,22-23,27H,2,5-12,14-15H2,1H3/t20-/m1/s1. The molecule has 2 fully saturated rings. The highest BCUT2D eigenvalue weighted by Crippen LogP contribution is 2.25. The van der Waals surface area contributed by atoms with E-state index in [0.717, 1.165) is 39.3 Å². The third kappa shape index (κ3) is 5.20. The summed E-state index contributed by atoms with van der Waals surface area (Å²) < 4.78 is 19.3. The van der Waals surface area contributed by atoms with Gasteiger partial charge in [-0.3, -0.25) is 9.69 Å². The molecule has 0 aromatic heterocycles. The number of halogens is 1. The van der Waals surface area contributed by atoms with Gasteiger partial charge >= 0.3 is 0 Å². The summed E-state index contributed by atoms with van der Waals surface area (Å²) in [5, 5.41) is 17.5. The number of likely N-dealkylation sites (tertiary alicyclic amines) is 1. The van der Waals surface area contributed by atoms with Gasteiger partial charge < -0.3 is 25.4 Å². The van der Waals surface area contributed by atoms with E-state index in [1.807, 2.05) is 0 Å². The van der Waals surface area contributed by atoms with E-state index in [1.54, 1.807) is 17.0 Å². The minimum Gasteiger partial charge on any atom is -0.497 e. The molecule has 2 aliphatic rings. The maximum absolute atomic E-state index is 14.1. The highest BCUT2D eigenvalue weighted by atomic mass is 19.1. The van der Waals surface area contributed by atoms with Crippen molar-refractivity contribution in [3.05, 3.63) is 29.6 Å². The molecule has 0 saturated carbocycles. The van der Waals surface area contributed by atoms with E-state index in [2.05, 4.69) is 15.5 Å². The van der Waals surface area contributed by atoms with Gasteiger partial charge in [0.05, 0.1) is 7.11 Å².